The van der Waals surface area contributed by atoms with Crippen LogP contribution in [0.25, 0.3) is 10.2 Å². The zero-order valence-electron chi connectivity index (χ0n) is 21.1. The Hall–Kier alpha value is -2.73. The van der Waals surface area contributed by atoms with E-state index in [0.29, 0.717) is 53.9 Å². The Kier molecular flexibility index (Phi) is 8.13. The van der Waals surface area contributed by atoms with Crippen LogP contribution in [-0.2, 0) is 10.0 Å². The third kappa shape index (κ3) is 5.34. The van der Waals surface area contributed by atoms with E-state index >= 15 is 0 Å². The molecule has 1 aliphatic rings. The van der Waals surface area contributed by atoms with Crippen LogP contribution in [0.15, 0.2) is 41.3 Å². The summed E-state index contributed by atoms with van der Waals surface area (Å²) in [5, 5.41) is 0.518. The molecule has 194 valence electrons. The zero-order valence-corrected chi connectivity index (χ0v) is 22.7. The number of carbonyl (C=O) groups is 1. The van der Waals surface area contributed by atoms with Gasteiger partial charge in [0.05, 0.1) is 19.1 Å². The SMILES string of the molecule is COc1ccc(OC)c2sc(N(CCN(C)C)C(=O)c3ccc(S(=O)(=O)N4CCCCC4)cc3)nc12. The van der Waals surface area contributed by atoms with Crippen LogP contribution in [0.2, 0.25) is 0 Å². The van der Waals surface area contributed by atoms with E-state index in [2.05, 4.69) is 0 Å². The highest BCUT2D eigenvalue weighted by molar-refractivity contribution is 7.89. The summed E-state index contributed by atoms with van der Waals surface area (Å²) in [5.74, 6) is 0.998. The second-order valence-corrected chi connectivity index (χ2v) is 11.8. The molecule has 1 fully saturated rings. The second kappa shape index (κ2) is 11.1. The minimum absolute atomic E-state index is 0.204. The zero-order chi connectivity index (χ0) is 25.9. The van der Waals surface area contributed by atoms with Crippen molar-refractivity contribution in [1.82, 2.24) is 14.2 Å². The first kappa shape index (κ1) is 26.3. The lowest BCUT2D eigenvalue weighted by Crippen LogP contribution is -2.37. The maximum Gasteiger partial charge on any atom is 0.260 e. The maximum atomic E-state index is 13.7. The molecule has 4 rings (SSSR count). The van der Waals surface area contributed by atoms with Gasteiger partial charge < -0.3 is 14.4 Å². The summed E-state index contributed by atoms with van der Waals surface area (Å²) in [4.78, 5) is 22.2. The van der Waals surface area contributed by atoms with Crippen molar-refractivity contribution < 1.29 is 22.7 Å². The molecule has 1 amide bonds. The molecule has 0 spiro atoms. The number of nitrogens with zero attached hydrogens (tertiary/aromatic N) is 4. The lowest BCUT2D eigenvalue weighted by atomic mass is 10.2. The highest BCUT2D eigenvalue weighted by Gasteiger charge is 2.27. The highest BCUT2D eigenvalue weighted by atomic mass is 32.2. The van der Waals surface area contributed by atoms with Crippen molar-refractivity contribution in [3.8, 4) is 11.5 Å². The van der Waals surface area contributed by atoms with Gasteiger partial charge >= 0.3 is 0 Å². The van der Waals surface area contributed by atoms with Crippen LogP contribution in [-0.4, -0.2) is 83.0 Å². The van der Waals surface area contributed by atoms with Crippen LogP contribution >= 0.6 is 11.3 Å². The summed E-state index contributed by atoms with van der Waals surface area (Å²) in [5.41, 5.74) is 1.02. The third-order valence-electron chi connectivity index (χ3n) is 6.20. The fourth-order valence-corrected chi connectivity index (χ4v) is 6.77. The molecule has 3 aromatic rings. The molecule has 0 aliphatic carbocycles. The number of likely N-dealkylation sites (N-methyl/N-ethyl adjacent to an activating group) is 1. The molecule has 1 aromatic heterocycles. The first-order chi connectivity index (χ1) is 17.3. The van der Waals surface area contributed by atoms with Gasteiger partial charge in [0.1, 0.15) is 21.7 Å². The number of rotatable bonds is 9. The number of aromatic nitrogens is 1. The molecule has 0 saturated carbocycles. The van der Waals surface area contributed by atoms with E-state index in [9.17, 15) is 13.2 Å². The molecule has 0 atom stereocenters. The van der Waals surface area contributed by atoms with Crippen LogP contribution in [0.3, 0.4) is 0 Å². The van der Waals surface area contributed by atoms with Crippen molar-refractivity contribution in [1.29, 1.82) is 0 Å². The average molecular weight is 533 g/mol. The maximum absolute atomic E-state index is 13.7. The number of sulfonamides is 1. The molecular formula is C25H32N4O5S2. The van der Waals surface area contributed by atoms with Crippen molar-refractivity contribution in [2.45, 2.75) is 24.2 Å². The van der Waals surface area contributed by atoms with Gasteiger partial charge in [-0.05, 0) is 63.3 Å². The first-order valence-electron chi connectivity index (χ1n) is 11.8. The van der Waals surface area contributed by atoms with Gasteiger partial charge in [-0.2, -0.15) is 4.31 Å². The standard InChI is InChI=1S/C25H32N4O5S2/c1-27(2)16-17-29(25-26-22-20(33-3)12-13-21(34-4)23(22)35-25)24(30)18-8-10-19(11-9-18)36(31,32)28-14-6-5-7-15-28/h8-13H,5-7,14-17H2,1-4H3. The van der Waals surface area contributed by atoms with Crippen molar-refractivity contribution in [2.75, 3.05) is 59.4 Å². The fourth-order valence-electron chi connectivity index (χ4n) is 4.15. The minimum Gasteiger partial charge on any atom is -0.495 e. The van der Waals surface area contributed by atoms with Gasteiger partial charge in [-0.3, -0.25) is 9.69 Å². The third-order valence-corrected chi connectivity index (χ3v) is 9.21. The molecule has 9 nitrogen and oxygen atoms in total. The predicted octanol–water partition coefficient (Wildman–Crippen LogP) is 3.70. The number of benzene rings is 2. The molecule has 2 heterocycles. The smallest absolute Gasteiger partial charge is 0.260 e. The van der Waals surface area contributed by atoms with Crippen LogP contribution in [0, 0.1) is 0 Å². The molecule has 36 heavy (non-hydrogen) atoms. The van der Waals surface area contributed by atoms with Gasteiger partial charge in [-0.25, -0.2) is 13.4 Å². The van der Waals surface area contributed by atoms with Crippen molar-refractivity contribution in [3.63, 3.8) is 0 Å². The number of thiazole rings is 1. The van der Waals surface area contributed by atoms with Gasteiger partial charge in [0.25, 0.3) is 5.91 Å². The number of ether oxygens (including phenoxy) is 2. The van der Waals surface area contributed by atoms with E-state index in [1.54, 1.807) is 37.3 Å². The fraction of sp³-hybridized carbons (Fsp3) is 0.440. The molecule has 11 heteroatoms. The molecule has 0 bridgehead atoms. The van der Waals surface area contributed by atoms with Crippen molar-refractivity contribution >= 4 is 42.6 Å². The molecule has 0 N–H and O–H groups in total. The van der Waals surface area contributed by atoms with E-state index in [4.69, 9.17) is 14.5 Å². The lowest BCUT2D eigenvalue weighted by Gasteiger charge is -2.26. The molecular weight excluding hydrogens is 500 g/mol. The van der Waals surface area contributed by atoms with Crippen LogP contribution in [0.1, 0.15) is 29.6 Å². The molecule has 0 unspecified atom stereocenters. The van der Waals surface area contributed by atoms with E-state index in [1.807, 2.05) is 25.1 Å². The van der Waals surface area contributed by atoms with Gasteiger partial charge in [-0.1, -0.05) is 17.8 Å². The Morgan fingerprint density at radius 1 is 0.972 bits per heavy atom. The average Bonchev–Trinajstić information content (AvgIpc) is 3.33. The van der Waals surface area contributed by atoms with Crippen molar-refractivity contribution in [2.24, 2.45) is 0 Å². The van der Waals surface area contributed by atoms with Gasteiger partial charge in [0.15, 0.2) is 5.13 Å². The van der Waals surface area contributed by atoms with E-state index in [0.717, 1.165) is 24.0 Å². The monoisotopic (exact) mass is 532 g/mol. The van der Waals surface area contributed by atoms with Crippen molar-refractivity contribution in [3.05, 3.63) is 42.0 Å². The Bertz CT molecular complexity index is 1280. The van der Waals surface area contributed by atoms with Crippen LogP contribution < -0.4 is 14.4 Å². The minimum atomic E-state index is -3.57. The van der Waals surface area contributed by atoms with E-state index in [-0.39, 0.29) is 10.8 Å². The van der Waals surface area contributed by atoms with Gasteiger partial charge in [0.2, 0.25) is 10.0 Å². The topological polar surface area (TPSA) is 92.3 Å². The second-order valence-electron chi connectivity index (χ2n) is 8.89. The molecule has 2 aromatic carbocycles. The quantitative estimate of drug-likeness (QED) is 0.415. The highest BCUT2D eigenvalue weighted by Crippen LogP contribution is 2.40. The summed E-state index contributed by atoms with van der Waals surface area (Å²) in [6.07, 6.45) is 2.79. The Balaban J connectivity index is 1.67. The number of hydrogen-bond donors (Lipinski definition) is 0. The normalized spacial score (nSPS) is 14.8. The summed E-state index contributed by atoms with van der Waals surface area (Å²) in [6.45, 7) is 2.10. The largest absolute Gasteiger partial charge is 0.495 e. The predicted molar refractivity (Wildman–Crippen MR) is 142 cm³/mol. The molecule has 1 saturated heterocycles. The number of amides is 1. The number of hydrogen-bond acceptors (Lipinski definition) is 8. The number of methoxy groups -OCH3 is 2. The lowest BCUT2D eigenvalue weighted by molar-refractivity contribution is 0.0985. The summed E-state index contributed by atoms with van der Waals surface area (Å²) in [6, 6.07) is 9.80. The number of carbonyl (C=O) groups excluding carboxylic acids is 1. The first-order valence-corrected chi connectivity index (χ1v) is 14.1. The summed E-state index contributed by atoms with van der Waals surface area (Å²) >= 11 is 1.35. The number of piperidine rings is 1. The Labute approximate surface area is 216 Å². The molecule has 0 radical (unpaired) electrons. The summed E-state index contributed by atoms with van der Waals surface area (Å²) < 4.78 is 39.3. The Morgan fingerprint density at radius 3 is 2.22 bits per heavy atom. The summed E-state index contributed by atoms with van der Waals surface area (Å²) in [7, 11) is 3.48. The van der Waals surface area contributed by atoms with Gasteiger partial charge in [-0.15, -0.1) is 0 Å². The van der Waals surface area contributed by atoms with E-state index in [1.165, 1.54) is 27.8 Å². The Morgan fingerprint density at radius 2 is 1.61 bits per heavy atom. The number of anilines is 1. The van der Waals surface area contributed by atoms with Crippen LogP contribution in [0.4, 0.5) is 5.13 Å². The molecule has 1 aliphatic heterocycles. The van der Waals surface area contributed by atoms with Crippen LogP contribution in [0.5, 0.6) is 11.5 Å². The van der Waals surface area contributed by atoms with Gasteiger partial charge in [0, 0.05) is 31.7 Å². The van der Waals surface area contributed by atoms with E-state index < -0.39 is 10.0 Å². The number of fused-ring (bicyclic) bond motifs is 1.